The highest BCUT2D eigenvalue weighted by Gasteiger charge is 2.54. The molecule has 4 atom stereocenters. The highest BCUT2D eigenvalue weighted by atomic mass is 32.1. The molecule has 0 unspecified atom stereocenters. The number of halogens is 1. The Bertz CT molecular complexity index is 1490. The summed E-state index contributed by atoms with van der Waals surface area (Å²) in [6.45, 7) is -0.0193. The van der Waals surface area contributed by atoms with Gasteiger partial charge in [0.1, 0.15) is 0 Å². The predicted molar refractivity (Wildman–Crippen MR) is 159 cm³/mol. The van der Waals surface area contributed by atoms with Gasteiger partial charge >= 0.3 is 0 Å². The molecule has 2 heterocycles. The third-order valence-electron chi connectivity index (χ3n) is 8.19. The first-order valence-corrected chi connectivity index (χ1v) is 14.8. The Morgan fingerprint density at radius 2 is 1.93 bits per heavy atom. The number of aliphatic hydroxyl groups excluding tert-OH is 2. The molecule has 0 spiro atoms. The first-order valence-electron chi connectivity index (χ1n) is 13.9. The number of likely N-dealkylation sites (tertiary alicyclic amines) is 1. The second kappa shape index (κ2) is 13.1. The number of phenolic OH excluding ortho intramolecular Hbond substituents is 1. The van der Waals surface area contributed by atoms with Crippen LogP contribution in [0, 0.1) is 23.6 Å². The molecular weight excluding hydrogens is 557 g/mol. The molecule has 42 heavy (non-hydrogen) atoms. The van der Waals surface area contributed by atoms with E-state index in [-0.39, 0.29) is 44.4 Å². The number of ether oxygens (including phenoxy) is 1. The number of hydrogen-bond donors (Lipinski definition) is 3. The fourth-order valence-electron chi connectivity index (χ4n) is 6.26. The van der Waals surface area contributed by atoms with Gasteiger partial charge in [0.25, 0.3) is 0 Å². The lowest BCUT2D eigenvalue weighted by atomic mass is 9.68. The van der Waals surface area contributed by atoms with Gasteiger partial charge in [0.2, 0.25) is 11.8 Å². The summed E-state index contributed by atoms with van der Waals surface area (Å²) in [5, 5.41) is 33.7. The van der Waals surface area contributed by atoms with Crippen LogP contribution in [-0.2, 0) is 20.9 Å². The van der Waals surface area contributed by atoms with Crippen molar-refractivity contribution in [3.8, 4) is 5.75 Å². The molecule has 9 heteroatoms. The molecule has 1 aliphatic carbocycles. The van der Waals surface area contributed by atoms with Gasteiger partial charge in [-0.2, -0.15) is 0 Å². The lowest BCUT2D eigenvalue weighted by Crippen LogP contribution is -2.39. The van der Waals surface area contributed by atoms with E-state index >= 15 is 0 Å². The summed E-state index contributed by atoms with van der Waals surface area (Å²) >= 11 is 1.47. The number of nitrogens with zero attached hydrogens (tertiary/aromatic N) is 1. The van der Waals surface area contributed by atoms with Crippen LogP contribution in [0.4, 0.5) is 4.39 Å². The molecule has 1 fully saturated rings. The zero-order valence-electron chi connectivity index (χ0n) is 23.3. The molecule has 1 saturated heterocycles. The highest BCUT2D eigenvalue weighted by molar-refractivity contribution is 7.09. The summed E-state index contributed by atoms with van der Waals surface area (Å²) in [4.78, 5) is 29.2. The second-order valence-electron chi connectivity index (χ2n) is 10.8. The van der Waals surface area contributed by atoms with E-state index in [1.54, 1.807) is 6.07 Å². The summed E-state index contributed by atoms with van der Waals surface area (Å²) in [6, 6.07) is 17.5. The van der Waals surface area contributed by atoms with Crippen LogP contribution < -0.4 is 0 Å². The standard InChI is InChI=1S/C33H34FNO6S/c1-41-19-23-16-25-31(33(40)35(32(25)39)17-24-8-5-13-42-24)26(18-36)30(23)29(38)12-10-22(21-6-3-2-4-7-21)14-20-9-11-28(37)27(34)15-20/h2-9,11,13-15,25-26,29,31,36-38H,10,12,16-19H2,1H3/b22-14-/t25-,26+,29-,31-/m1/s1. The number of carbonyl (C=O) groups is 2. The smallest absolute Gasteiger partial charge is 0.234 e. The molecule has 220 valence electrons. The fraction of sp³-hybridized carbons (Fsp3) is 0.333. The van der Waals surface area contributed by atoms with Crippen molar-refractivity contribution in [3.63, 3.8) is 0 Å². The van der Waals surface area contributed by atoms with E-state index in [4.69, 9.17) is 4.74 Å². The van der Waals surface area contributed by atoms with Crippen molar-refractivity contribution >= 4 is 34.8 Å². The predicted octanol–water partition coefficient (Wildman–Crippen LogP) is 5.03. The van der Waals surface area contributed by atoms with E-state index < -0.39 is 35.4 Å². The largest absolute Gasteiger partial charge is 0.505 e. The number of carbonyl (C=O) groups excluding carboxylic acids is 2. The number of hydrogen-bond acceptors (Lipinski definition) is 7. The molecule has 3 N–H and O–H groups in total. The number of imide groups is 1. The van der Waals surface area contributed by atoms with Gasteiger partial charge in [-0.1, -0.05) is 48.5 Å². The van der Waals surface area contributed by atoms with Gasteiger partial charge < -0.3 is 20.1 Å². The minimum atomic E-state index is -1.01. The van der Waals surface area contributed by atoms with Crippen molar-refractivity contribution < 1.29 is 34.0 Å². The van der Waals surface area contributed by atoms with Crippen LogP contribution in [0.3, 0.4) is 0 Å². The molecule has 1 aliphatic heterocycles. The Morgan fingerprint density at radius 3 is 2.60 bits per heavy atom. The summed E-state index contributed by atoms with van der Waals surface area (Å²) in [6.07, 6.45) is 1.75. The van der Waals surface area contributed by atoms with Crippen LogP contribution in [0.25, 0.3) is 11.6 Å². The highest BCUT2D eigenvalue weighted by Crippen LogP contribution is 2.47. The summed E-state index contributed by atoms with van der Waals surface area (Å²) in [5.41, 5.74) is 3.59. The number of thiophene rings is 1. The molecule has 0 radical (unpaired) electrons. The van der Waals surface area contributed by atoms with Crippen molar-refractivity contribution in [2.75, 3.05) is 20.3 Å². The number of rotatable bonds is 11. The minimum Gasteiger partial charge on any atom is -0.505 e. The van der Waals surface area contributed by atoms with Crippen LogP contribution in [0.15, 0.2) is 77.2 Å². The van der Waals surface area contributed by atoms with Crippen molar-refractivity contribution in [3.05, 3.63) is 99.0 Å². The maximum Gasteiger partial charge on any atom is 0.234 e. The van der Waals surface area contributed by atoms with Crippen LogP contribution in [-0.4, -0.2) is 58.5 Å². The maximum absolute atomic E-state index is 14.1. The quantitative estimate of drug-likeness (QED) is 0.164. The molecular formula is C33H34FNO6S. The van der Waals surface area contributed by atoms with Crippen molar-refractivity contribution in [1.82, 2.24) is 4.90 Å². The molecule has 3 aromatic rings. The van der Waals surface area contributed by atoms with Gasteiger partial charge in [0, 0.05) is 17.9 Å². The molecule has 0 bridgehead atoms. The summed E-state index contributed by atoms with van der Waals surface area (Å²) in [7, 11) is 1.54. The Labute approximate surface area is 248 Å². The number of fused-ring (bicyclic) bond motifs is 1. The first kappa shape index (κ1) is 29.8. The third kappa shape index (κ3) is 6.10. The Kier molecular flexibility index (Phi) is 9.33. The zero-order valence-corrected chi connectivity index (χ0v) is 24.1. The molecule has 5 rings (SSSR count). The Morgan fingerprint density at radius 1 is 1.14 bits per heavy atom. The van der Waals surface area contributed by atoms with E-state index in [0.717, 1.165) is 21.6 Å². The second-order valence-corrected chi connectivity index (χ2v) is 11.8. The Hall–Kier alpha value is -3.63. The van der Waals surface area contributed by atoms with Gasteiger partial charge in [-0.25, -0.2) is 4.39 Å². The zero-order chi connectivity index (χ0) is 29.8. The average Bonchev–Trinajstić information content (AvgIpc) is 3.59. The SMILES string of the molecule is COCC1=C([C@H](O)CC/C(=C/c2ccc(O)c(F)c2)c2ccccc2)[C@H](CO)[C@@H]2C(=O)N(Cc3cccs3)C(=O)[C@@H]2C1. The number of aromatic hydroxyl groups is 1. The van der Waals surface area contributed by atoms with Gasteiger partial charge in [0.05, 0.1) is 37.7 Å². The van der Waals surface area contributed by atoms with Crippen LogP contribution in [0.2, 0.25) is 0 Å². The van der Waals surface area contributed by atoms with Gasteiger partial charge in [-0.3, -0.25) is 14.5 Å². The topological polar surface area (TPSA) is 107 Å². The molecule has 0 saturated carbocycles. The number of benzene rings is 2. The van der Waals surface area contributed by atoms with Crippen LogP contribution >= 0.6 is 11.3 Å². The van der Waals surface area contributed by atoms with Crippen LogP contribution in [0.5, 0.6) is 5.75 Å². The van der Waals surface area contributed by atoms with Crippen molar-refractivity contribution in [2.45, 2.75) is 31.9 Å². The lowest BCUT2D eigenvalue weighted by molar-refractivity contribution is -0.140. The normalized spacial score (nSPS) is 21.7. The van der Waals surface area contributed by atoms with Gasteiger partial charge in [-0.05, 0) is 70.7 Å². The number of aliphatic hydroxyl groups is 2. The molecule has 1 aromatic heterocycles. The summed E-state index contributed by atoms with van der Waals surface area (Å²) in [5.74, 6) is -3.81. The van der Waals surface area contributed by atoms with Crippen molar-refractivity contribution in [2.24, 2.45) is 17.8 Å². The van der Waals surface area contributed by atoms with E-state index in [0.29, 0.717) is 17.6 Å². The Balaban J connectivity index is 1.42. The fourth-order valence-corrected chi connectivity index (χ4v) is 6.95. The molecule has 7 nitrogen and oxygen atoms in total. The van der Waals surface area contributed by atoms with E-state index in [9.17, 15) is 29.3 Å². The maximum atomic E-state index is 14.1. The van der Waals surface area contributed by atoms with Gasteiger partial charge in [0.15, 0.2) is 11.6 Å². The van der Waals surface area contributed by atoms with Gasteiger partial charge in [-0.15, -0.1) is 11.3 Å². The first-order chi connectivity index (χ1) is 20.3. The molecule has 2 aliphatic rings. The minimum absolute atomic E-state index is 0.173. The number of methoxy groups -OCH3 is 1. The number of phenols is 1. The van der Waals surface area contributed by atoms with E-state index in [1.165, 1.54) is 35.5 Å². The van der Waals surface area contributed by atoms with E-state index in [1.807, 2.05) is 53.9 Å². The average molecular weight is 592 g/mol. The molecule has 2 amide bonds. The third-order valence-corrected chi connectivity index (χ3v) is 9.05. The van der Waals surface area contributed by atoms with Crippen molar-refractivity contribution in [1.29, 1.82) is 0 Å². The molecule has 2 aromatic carbocycles. The summed E-state index contributed by atoms with van der Waals surface area (Å²) < 4.78 is 19.5. The van der Waals surface area contributed by atoms with Crippen LogP contribution in [0.1, 0.15) is 35.3 Å². The van der Waals surface area contributed by atoms with E-state index in [2.05, 4.69) is 0 Å². The lowest BCUT2D eigenvalue weighted by Gasteiger charge is -2.36. The number of allylic oxidation sites excluding steroid dienone is 1. The monoisotopic (exact) mass is 591 g/mol. The number of amides is 2.